The van der Waals surface area contributed by atoms with Crippen molar-refractivity contribution >= 4 is 21.7 Å². The number of nitrogens with one attached hydrogen (secondary N) is 2. The molecule has 8 nitrogen and oxygen atoms in total. The van der Waals surface area contributed by atoms with Crippen LogP contribution in [0.4, 0.5) is 5.69 Å². The number of hydrogen-bond acceptors (Lipinski definition) is 7. The number of para-hydroxylation sites is 1. The van der Waals surface area contributed by atoms with Crippen LogP contribution < -0.4 is 14.8 Å². The largest absolute Gasteiger partial charge is 0.454 e. The minimum absolute atomic E-state index is 0.0708. The maximum atomic E-state index is 14.0. The maximum Gasteiger partial charge on any atom is 0.339 e. The summed E-state index contributed by atoms with van der Waals surface area (Å²) in [7, 11) is -4.21. The fourth-order valence-electron chi connectivity index (χ4n) is 5.53. The molecule has 0 saturated heterocycles. The van der Waals surface area contributed by atoms with Crippen LogP contribution in [0.3, 0.4) is 0 Å². The van der Waals surface area contributed by atoms with Crippen molar-refractivity contribution in [1.82, 2.24) is 4.72 Å². The number of carbonyl (C=O) groups is 1. The normalized spacial score (nSPS) is 11.4. The number of esters is 1. The quantitative estimate of drug-likeness (QED) is 0.0451. The van der Waals surface area contributed by atoms with Gasteiger partial charge in [-0.05, 0) is 48.2 Å². The van der Waals surface area contributed by atoms with Gasteiger partial charge in [0.2, 0.25) is 10.0 Å². The van der Waals surface area contributed by atoms with E-state index in [0.29, 0.717) is 24.6 Å². The number of carbonyl (C=O) groups excluding carboxylic acids is 1. The first-order valence-corrected chi connectivity index (χ1v) is 19.4. The van der Waals surface area contributed by atoms with Gasteiger partial charge in [-0.3, -0.25) is 0 Å². The van der Waals surface area contributed by atoms with Crippen molar-refractivity contribution in [2.45, 2.75) is 89.1 Å². The average Bonchev–Trinajstić information content (AvgIpc) is 3.14. The number of rotatable bonds is 23. The lowest BCUT2D eigenvalue weighted by atomic mass is 10.0. The molecule has 0 heterocycles. The van der Waals surface area contributed by atoms with Crippen molar-refractivity contribution in [1.29, 1.82) is 0 Å². The Morgan fingerprint density at radius 3 is 1.86 bits per heavy atom. The molecule has 9 heteroatoms. The Hall–Kier alpha value is -4.18. The van der Waals surface area contributed by atoms with Gasteiger partial charge in [-0.15, -0.1) is 0 Å². The topological polar surface area (TPSA) is 103 Å². The van der Waals surface area contributed by atoms with Gasteiger partial charge in [-0.25, -0.2) is 13.2 Å². The molecule has 0 aliphatic rings. The molecule has 50 heavy (non-hydrogen) atoms. The average molecular weight is 701 g/mol. The molecule has 4 rings (SSSR count). The fourth-order valence-corrected chi connectivity index (χ4v) is 6.60. The molecule has 0 unspecified atom stereocenters. The van der Waals surface area contributed by atoms with Crippen LogP contribution in [0.1, 0.15) is 106 Å². The summed E-state index contributed by atoms with van der Waals surface area (Å²) in [6.07, 6.45) is 10.3. The monoisotopic (exact) mass is 700 g/mol. The van der Waals surface area contributed by atoms with Crippen molar-refractivity contribution in [3.05, 3.63) is 120 Å². The van der Waals surface area contributed by atoms with E-state index < -0.39 is 22.1 Å². The lowest BCUT2D eigenvalue weighted by molar-refractivity contribution is 0.0378. The zero-order chi connectivity index (χ0) is 35.4. The Morgan fingerprint density at radius 1 is 0.700 bits per heavy atom. The van der Waals surface area contributed by atoms with Crippen LogP contribution in [0.15, 0.2) is 108 Å². The van der Waals surface area contributed by atoms with Gasteiger partial charge in [0.1, 0.15) is 17.4 Å². The summed E-state index contributed by atoms with van der Waals surface area (Å²) in [6, 6.07) is 30.8. The van der Waals surface area contributed by atoms with Crippen LogP contribution in [0.25, 0.3) is 0 Å². The van der Waals surface area contributed by atoms with E-state index in [9.17, 15) is 13.2 Å². The second-order valence-corrected chi connectivity index (χ2v) is 14.1. The lowest BCUT2D eigenvalue weighted by Crippen LogP contribution is -2.27. The van der Waals surface area contributed by atoms with Gasteiger partial charge in [0.25, 0.3) is 0 Å². The Balaban J connectivity index is 1.60. The molecule has 268 valence electrons. The van der Waals surface area contributed by atoms with Crippen LogP contribution in [0, 0.1) is 0 Å². The van der Waals surface area contributed by atoms with Gasteiger partial charge >= 0.3 is 5.97 Å². The Bertz CT molecular complexity index is 1630. The molecule has 4 aromatic rings. The van der Waals surface area contributed by atoms with E-state index in [1.807, 2.05) is 78.9 Å². The van der Waals surface area contributed by atoms with Crippen molar-refractivity contribution in [2.24, 2.45) is 0 Å². The number of hydrogen-bond donors (Lipinski definition) is 2. The third-order valence-electron chi connectivity index (χ3n) is 8.31. The summed E-state index contributed by atoms with van der Waals surface area (Å²) in [5.74, 6) is -0.131. The van der Waals surface area contributed by atoms with Crippen molar-refractivity contribution < 1.29 is 27.4 Å². The molecular weight excluding hydrogens is 649 g/mol. The number of sulfonamides is 1. The first-order chi connectivity index (χ1) is 24.4. The van der Waals surface area contributed by atoms with E-state index in [-0.39, 0.29) is 22.9 Å². The van der Waals surface area contributed by atoms with E-state index in [4.69, 9.17) is 14.2 Å². The van der Waals surface area contributed by atoms with E-state index in [2.05, 4.69) is 23.9 Å². The third-order valence-corrected chi connectivity index (χ3v) is 9.69. The number of benzene rings is 4. The number of ether oxygens (including phenoxy) is 3. The van der Waals surface area contributed by atoms with E-state index in [1.54, 1.807) is 18.2 Å². The highest BCUT2D eigenvalue weighted by atomic mass is 32.2. The summed E-state index contributed by atoms with van der Waals surface area (Å²) >= 11 is 0. The summed E-state index contributed by atoms with van der Waals surface area (Å²) in [4.78, 5) is 13.8. The fraction of sp³-hybridized carbons (Fsp3) is 0.390. The first kappa shape index (κ1) is 38.6. The Morgan fingerprint density at radius 2 is 1.26 bits per heavy atom. The van der Waals surface area contributed by atoms with Crippen LogP contribution in [0.5, 0.6) is 11.5 Å². The van der Waals surface area contributed by atoms with E-state index in [0.717, 1.165) is 43.2 Å². The highest BCUT2D eigenvalue weighted by Crippen LogP contribution is 2.38. The van der Waals surface area contributed by atoms with Gasteiger partial charge in [0, 0.05) is 13.2 Å². The second-order valence-electron chi connectivity index (χ2n) is 12.3. The van der Waals surface area contributed by atoms with Gasteiger partial charge in [0.05, 0.1) is 11.3 Å². The van der Waals surface area contributed by atoms with Crippen LogP contribution >= 0.6 is 0 Å². The smallest absolute Gasteiger partial charge is 0.339 e. The summed E-state index contributed by atoms with van der Waals surface area (Å²) < 4.78 is 48.6. The van der Waals surface area contributed by atoms with Crippen LogP contribution in [-0.4, -0.2) is 34.3 Å². The highest BCUT2D eigenvalue weighted by Gasteiger charge is 2.28. The molecule has 0 spiro atoms. The Kier molecular flexibility index (Phi) is 16.3. The van der Waals surface area contributed by atoms with E-state index in [1.165, 1.54) is 38.2 Å². The standard InChI is InChI=1S/C41H52N2O6S/c1-3-5-7-8-9-10-11-21-29-47-32-43-50(45,46)38-31-35(30-37(42-28-6-4-2)40(38)48-36-26-19-14-20-27-36)41(44)49-39(33-22-15-12-16-23-33)34-24-17-13-18-25-34/h12-20,22-27,30-31,39,42-43H,3-11,21,28-29,32H2,1-2H3. The van der Waals surface area contributed by atoms with Gasteiger partial charge < -0.3 is 19.5 Å². The minimum atomic E-state index is -4.21. The van der Waals surface area contributed by atoms with Crippen LogP contribution in [0.2, 0.25) is 0 Å². The summed E-state index contributed by atoms with van der Waals surface area (Å²) in [5, 5.41) is 3.31. The van der Waals surface area contributed by atoms with Crippen molar-refractivity contribution in [3.63, 3.8) is 0 Å². The van der Waals surface area contributed by atoms with Crippen molar-refractivity contribution in [3.8, 4) is 11.5 Å². The molecule has 0 aromatic heterocycles. The van der Waals surface area contributed by atoms with Gasteiger partial charge in [-0.1, -0.05) is 144 Å². The predicted molar refractivity (Wildman–Crippen MR) is 200 cm³/mol. The molecule has 0 aliphatic heterocycles. The van der Waals surface area contributed by atoms with Gasteiger partial charge in [0.15, 0.2) is 11.9 Å². The van der Waals surface area contributed by atoms with Crippen LogP contribution in [-0.2, 0) is 19.5 Å². The SMILES string of the molecule is CCCCCCCCCCOCNS(=O)(=O)c1cc(C(=O)OC(c2ccccc2)c2ccccc2)cc(NCCCC)c1Oc1ccccc1. The lowest BCUT2D eigenvalue weighted by Gasteiger charge is -2.21. The molecule has 0 radical (unpaired) electrons. The predicted octanol–water partition coefficient (Wildman–Crippen LogP) is 10.0. The molecule has 4 aromatic carbocycles. The zero-order valence-corrected chi connectivity index (χ0v) is 30.3. The Labute approximate surface area is 298 Å². The number of unbranched alkanes of at least 4 members (excludes halogenated alkanes) is 8. The van der Waals surface area contributed by atoms with E-state index >= 15 is 0 Å². The van der Waals surface area contributed by atoms with Gasteiger partial charge in [-0.2, -0.15) is 4.72 Å². The highest BCUT2D eigenvalue weighted by molar-refractivity contribution is 7.89. The molecule has 0 atom stereocenters. The zero-order valence-electron chi connectivity index (χ0n) is 29.4. The third kappa shape index (κ3) is 12.3. The summed E-state index contributed by atoms with van der Waals surface area (Å²) in [6.45, 7) is 5.07. The molecule has 0 fully saturated rings. The minimum Gasteiger partial charge on any atom is -0.454 e. The molecular formula is C41H52N2O6S. The maximum absolute atomic E-state index is 14.0. The summed E-state index contributed by atoms with van der Waals surface area (Å²) in [5.41, 5.74) is 2.02. The molecule has 0 aliphatic carbocycles. The van der Waals surface area contributed by atoms with Crippen molar-refractivity contribution in [2.75, 3.05) is 25.2 Å². The molecule has 0 saturated carbocycles. The first-order valence-electron chi connectivity index (χ1n) is 18.0. The molecule has 0 bridgehead atoms. The molecule has 0 amide bonds. The molecule has 2 N–H and O–H groups in total. The second kappa shape index (κ2) is 21.1. The number of anilines is 1.